The largest absolute Gasteiger partial charge is 0.338 e. The van der Waals surface area contributed by atoms with Crippen LogP contribution in [0, 0.1) is 23.7 Å². The van der Waals surface area contributed by atoms with Crippen molar-refractivity contribution in [2.24, 2.45) is 16.8 Å². The molecule has 24 heavy (non-hydrogen) atoms. The van der Waals surface area contributed by atoms with Gasteiger partial charge in [-0.25, -0.2) is 0 Å². The van der Waals surface area contributed by atoms with Gasteiger partial charge in [-0.3, -0.25) is 9.79 Å². The summed E-state index contributed by atoms with van der Waals surface area (Å²) in [6.07, 6.45) is 1.64. The van der Waals surface area contributed by atoms with Gasteiger partial charge in [0.1, 0.15) is 0 Å². The molecule has 4 heteroatoms. The van der Waals surface area contributed by atoms with Gasteiger partial charge in [-0.2, -0.15) is 0 Å². The minimum atomic E-state index is 0.0944. The number of rotatable bonds is 2. The number of nitrogens with zero attached hydrogens (tertiary/aromatic N) is 2. The number of hydrogen-bond acceptors (Lipinski definition) is 3. The van der Waals surface area contributed by atoms with E-state index in [4.69, 9.17) is 0 Å². The zero-order chi connectivity index (χ0) is 16.9. The minimum absolute atomic E-state index is 0.0944. The van der Waals surface area contributed by atoms with Crippen LogP contribution < -0.4 is 5.32 Å². The molecule has 2 fully saturated rings. The Morgan fingerprint density at radius 1 is 1.21 bits per heavy atom. The number of benzene rings is 1. The van der Waals surface area contributed by atoms with E-state index >= 15 is 0 Å². The lowest BCUT2D eigenvalue weighted by Gasteiger charge is -2.17. The van der Waals surface area contributed by atoms with Crippen LogP contribution >= 0.6 is 0 Å². The average molecular weight is 321 g/mol. The monoisotopic (exact) mass is 321 g/mol. The van der Waals surface area contributed by atoms with Crippen molar-refractivity contribution in [2.75, 3.05) is 26.2 Å². The summed E-state index contributed by atoms with van der Waals surface area (Å²) in [6.45, 7) is 7.47. The van der Waals surface area contributed by atoms with Crippen LogP contribution in [0.2, 0.25) is 0 Å². The number of amides is 1. The van der Waals surface area contributed by atoms with Gasteiger partial charge in [0.25, 0.3) is 5.91 Å². The Kier molecular flexibility index (Phi) is 5.12. The number of carbonyl (C=O) groups is 1. The highest BCUT2D eigenvalue weighted by Crippen LogP contribution is 2.27. The van der Waals surface area contributed by atoms with Crippen molar-refractivity contribution in [2.45, 2.75) is 13.8 Å². The van der Waals surface area contributed by atoms with Gasteiger partial charge in [-0.1, -0.05) is 24.1 Å². The van der Waals surface area contributed by atoms with E-state index in [0.717, 1.165) is 31.7 Å². The second kappa shape index (κ2) is 7.46. The topological polar surface area (TPSA) is 44.7 Å². The van der Waals surface area contributed by atoms with Gasteiger partial charge in [0.2, 0.25) is 0 Å². The molecule has 0 radical (unpaired) electrons. The molecule has 2 atom stereocenters. The molecule has 0 aliphatic carbocycles. The number of hydrogen-bond donors (Lipinski definition) is 1. The first-order chi connectivity index (χ1) is 11.6. The van der Waals surface area contributed by atoms with E-state index in [1.54, 1.807) is 6.20 Å². The normalized spacial score (nSPS) is 23.7. The van der Waals surface area contributed by atoms with E-state index < -0.39 is 0 Å². The molecule has 0 aromatic heterocycles. The third kappa shape index (κ3) is 3.93. The van der Waals surface area contributed by atoms with E-state index in [-0.39, 0.29) is 5.91 Å². The summed E-state index contributed by atoms with van der Waals surface area (Å²) < 4.78 is 0. The van der Waals surface area contributed by atoms with Gasteiger partial charge in [-0.05, 0) is 43.7 Å². The quantitative estimate of drug-likeness (QED) is 0.515. The molecule has 0 saturated carbocycles. The van der Waals surface area contributed by atoms with Crippen molar-refractivity contribution in [1.82, 2.24) is 10.2 Å². The minimum Gasteiger partial charge on any atom is -0.338 e. The molecule has 1 amide bonds. The number of fused-ring (bicyclic) bond motifs is 1. The molecule has 1 N–H and O–H groups in total. The number of nitrogens with one attached hydrogen (secondary N) is 1. The SMILES string of the molecule is CC(C#Cc1ccccc1)=N/C=C(\C)C(=O)N1CC2CNCC2C1. The highest BCUT2D eigenvalue weighted by Gasteiger charge is 2.38. The van der Waals surface area contributed by atoms with Gasteiger partial charge in [0.15, 0.2) is 0 Å². The van der Waals surface area contributed by atoms with Crippen molar-refractivity contribution in [3.8, 4) is 11.8 Å². The maximum absolute atomic E-state index is 12.5. The molecule has 2 heterocycles. The molecule has 4 nitrogen and oxygen atoms in total. The standard InChI is InChI=1S/C20H23N3O/c1-15(20(24)23-13-18-11-21-12-19(18)14-23)10-22-16(2)8-9-17-6-4-3-5-7-17/h3-7,10,18-19,21H,11-14H2,1-2H3/b15-10+,22-16?. The van der Waals surface area contributed by atoms with Crippen LogP contribution in [0.15, 0.2) is 47.1 Å². The fourth-order valence-electron chi connectivity index (χ4n) is 3.24. The second-order valence-corrected chi connectivity index (χ2v) is 6.53. The number of aliphatic imine (C=N–C) groups is 1. The van der Waals surface area contributed by atoms with Crippen molar-refractivity contribution in [1.29, 1.82) is 0 Å². The average Bonchev–Trinajstić information content (AvgIpc) is 3.20. The molecular weight excluding hydrogens is 298 g/mol. The van der Waals surface area contributed by atoms with Crippen LogP contribution in [0.5, 0.6) is 0 Å². The highest BCUT2D eigenvalue weighted by molar-refractivity contribution is 6.00. The van der Waals surface area contributed by atoms with Crippen molar-refractivity contribution in [3.63, 3.8) is 0 Å². The Bertz CT molecular complexity index is 712. The number of carbonyl (C=O) groups excluding carboxylic acids is 1. The Labute approximate surface area is 143 Å². The molecule has 1 aromatic rings. The van der Waals surface area contributed by atoms with Crippen LogP contribution in [0.4, 0.5) is 0 Å². The molecule has 1 aromatic carbocycles. The molecular formula is C20H23N3O. The van der Waals surface area contributed by atoms with Crippen LogP contribution in [-0.2, 0) is 4.79 Å². The van der Waals surface area contributed by atoms with E-state index in [0.29, 0.717) is 23.1 Å². The Balaban J connectivity index is 1.61. The van der Waals surface area contributed by atoms with Crippen molar-refractivity contribution in [3.05, 3.63) is 47.7 Å². The molecule has 0 bridgehead atoms. The maximum atomic E-state index is 12.5. The molecule has 2 unspecified atom stereocenters. The molecule has 2 saturated heterocycles. The predicted octanol–water partition coefficient (Wildman–Crippen LogP) is 2.08. The van der Waals surface area contributed by atoms with Gasteiger partial charge < -0.3 is 10.2 Å². The zero-order valence-electron chi connectivity index (χ0n) is 14.2. The van der Waals surface area contributed by atoms with Crippen LogP contribution in [-0.4, -0.2) is 42.7 Å². The van der Waals surface area contributed by atoms with Crippen molar-refractivity contribution >= 4 is 11.6 Å². The lowest BCUT2D eigenvalue weighted by atomic mass is 10.0. The highest BCUT2D eigenvalue weighted by atomic mass is 16.2. The summed E-state index contributed by atoms with van der Waals surface area (Å²) in [5.74, 6) is 7.41. The van der Waals surface area contributed by atoms with Crippen LogP contribution in [0.1, 0.15) is 19.4 Å². The van der Waals surface area contributed by atoms with Gasteiger partial charge in [0, 0.05) is 43.5 Å². The smallest absolute Gasteiger partial charge is 0.251 e. The Morgan fingerprint density at radius 2 is 1.88 bits per heavy atom. The first-order valence-corrected chi connectivity index (χ1v) is 8.41. The van der Waals surface area contributed by atoms with E-state index in [9.17, 15) is 4.79 Å². The molecule has 124 valence electrons. The van der Waals surface area contributed by atoms with Gasteiger partial charge >= 0.3 is 0 Å². The fraction of sp³-hybridized carbons (Fsp3) is 0.400. The molecule has 3 rings (SSSR count). The number of likely N-dealkylation sites (tertiary alicyclic amines) is 1. The Morgan fingerprint density at radius 3 is 2.54 bits per heavy atom. The summed E-state index contributed by atoms with van der Waals surface area (Å²) in [5.41, 5.74) is 2.33. The fourth-order valence-corrected chi connectivity index (χ4v) is 3.24. The third-order valence-corrected chi connectivity index (χ3v) is 4.63. The third-order valence-electron chi connectivity index (χ3n) is 4.63. The summed E-state index contributed by atoms with van der Waals surface area (Å²) >= 11 is 0. The zero-order valence-corrected chi connectivity index (χ0v) is 14.2. The van der Waals surface area contributed by atoms with E-state index in [1.807, 2.05) is 49.1 Å². The molecule has 0 spiro atoms. The van der Waals surface area contributed by atoms with E-state index in [2.05, 4.69) is 22.2 Å². The summed E-state index contributed by atoms with van der Waals surface area (Å²) in [4.78, 5) is 18.8. The predicted molar refractivity (Wildman–Crippen MR) is 96.6 cm³/mol. The lowest BCUT2D eigenvalue weighted by molar-refractivity contribution is -0.126. The van der Waals surface area contributed by atoms with Crippen molar-refractivity contribution < 1.29 is 4.79 Å². The summed E-state index contributed by atoms with van der Waals surface area (Å²) in [7, 11) is 0. The van der Waals surface area contributed by atoms with Crippen LogP contribution in [0.3, 0.4) is 0 Å². The van der Waals surface area contributed by atoms with Crippen LogP contribution in [0.25, 0.3) is 0 Å². The first kappa shape index (κ1) is 16.5. The molecule has 2 aliphatic rings. The van der Waals surface area contributed by atoms with Gasteiger partial charge in [-0.15, -0.1) is 0 Å². The summed E-state index contributed by atoms with van der Waals surface area (Å²) in [6, 6.07) is 9.81. The van der Waals surface area contributed by atoms with E-state index in [1.165, 1.54) is 0 Å². The Hall–Kier alpha value is -2.38. The second-order valence-electron chi connectivity index (χ2n) is 6.53. The lowest BCUT2D eigenvalue weighted by Crippen LogP contribution is -2.32. The molecule has 2 aliphatic heterocycles. The van der Waals surface area contributed by atoms with Gasteiger partial charge in [0.05, 0.1) is 5.71 Å². The first-order valence-electron chi connectivity index (χ1n) is 8.41. The summed E-state index contributed by atoms with van der Waals surface area (Å²) in [5, 5.41) is 3.39. The maximum Gasteiger partial charge on any atom is 0.251 e.